The first-order valence-corrected chi connectivity index (χ1v) is 4.69. The molecule has 1 N–H and O–H groups in total. The van der Waals surface area contributed by atoms with Crippen molar-refractivity contribution >= 4 is 5.91 Å². The van der Waals surface area contributed by atoms with Gasteiger partial charge in [-0.25, -0.2) is 4.39 Å². The van der Waals surface area contributed by atoms with E-state index in [-0.39, 0.29) is 11.7 Å². The predicted octanol–water partition coefficient (Wildman–Crippen LogP) is 2.14. The first kappa shape index (κ1) is 10.7. The zero-order valence-corrected chi connectivity index (χ0v) is 8.43. The Bertz CT molecular complexity index is 336. The van der Waals surface area contributed by atoms with Crippen LogP contribution in [0.5, 0.6) is 0 Å². The molecular weight excluding hydrogens is 181 g/mol. The van der Waals surface area contributed by atoms with Crippen molar-refractivity contribution in [2.75, 3.05) is 7.05 Å². The van der Waals surface area contributed by atoms with Crippen molar-refractivity contribution in [3.05, 3.63) is 35.1 Å². The molecule has 0 aliphatic rings. The van der Waals surface area contributed by atoms with E-state index < -0.39 is 0 Å². The number of carbonyl (C=O) groups excluding carboxylic acids is 1. The second-order valence-electron chi connectivity index (χ2n) is 3.14. The number of hydrogen-bond donors (Lipinski definition) is 1. The number of nitrogens with one attached hydrogen (secondary N) is 1. The van der Waals surface area contributed by atoms with Crippen molar-refractivity contribution in [2.24, 2.45) is 0 Å². The van der Waals surface area contributed by atoms with E-state index in [1.165, 1.54) is 12.1 Å². The average Bonchev–Trinajstić information content (AvgIpc) is 2.20. The maximum atomic E-state index is 13.2. The number of rotatable bonds is 3. The minimum absolute atomic E-state index is 0.178. The summed E-state index contributed by atoms with van der Waals surface area (Å²) in [7, 11) is 1.56. The van der Waals surface area contributed by atoms with E-state index >= 15 is 0 Å². The zero-order valence-electron chi connectivity index (χ0n) is 8.43. The fourth-order valence-corrected chi connectivity index (χ4v) is 1.32. The van der Waals surface area contributed by atoms with E-state index in [2.05, 4.69) is 5.32 Å². The SMILES string of the molecule is CCCc1cc(C(=O)NC)ccc1F. The highest BCUT2D eigenvalue weighted by molar-refractivity contribution is 5.94. The van der Waals surface area contributed by atoms with Gasteiger partial charge in [0.25, 0.3) is 5.91 Å². The Labute approximate surface area is 83.1 Å². The molecule has 3 heteroatoms. The third kappa shape index (κ3) is 2.31. The molecule has 14 heavy (non-hydrogen) atoms. The fraction of sp³-hybridized carbons (Fsp3) is 0.364. The Morgan fingerprint density at radius 2 is 2.21 bits per heavy atom. The molecule has 1 amide bonds. The van der Waals surface area contributed by atoms with Crippen LogP contribution in [0.25, 0.3) is 0 Å². The lowest BCUT2D eigenvalue weighted by Gasteiger charge is -2.04. The van der Waals surface area contributed by atoms with Crippen LogP contribution in [0, 0.1) is 5.82 Å². The third-order valence-electron chi connectivity index (χ3n) is 2.05. The molecule has 0 bridgehead atoms. The van der Waals surface area contributed by atoms with E-state index in [0.29, 0.717) is 17.5 Å². The van der Waals surface area contributed by atoms with Crippen LogP contribution >= 0.6 is 0 Å². The van der Waals surface area contributed by atoms with Crippen molar-refractivity contribution < 1.29 is 9.18 Å². The van der Waals surface area contributed by atoms with Gasteiger partial charge in [0.15, 0.2) is 0 Å². The van der Waals surface area contributed by atoms with Gasteiger partial charge in [-0.2, -0.15) is 0 Å². The number of halogens is 1. The zero-order chi connectivity index (χ0) is 10.6. The van der Waals surface area contributed by atoms with Gasteiger partial charge in [0.05, 0.1) is 0 Å². The smallest absolute Gasteiger partial charge is 0.251 e. The maximum absolute atomic E-state index is 13.2. The van der Waals surface area contributed by atoms with Gasteiger partial charge in [-0.05, 0) is 30.2 Å². The molecule has 0 spiro atoms. The van der Waals surface area contributed by atoms with Crippen LogP contribution in [0.2, 0.25) is 0 Å². The molecule has 0 aliphatic heterocycles. The summed E-state index contributed by atoms with van der Waals surface area (Å²) in [4.78, 5) is 11.2. The van der Waals surface area contributed by atoms with Crippen molar-refractivity contribution in [3.8, 4) is 0 Å². The second kappa shape index (κ2) is 4.74. The second-order valence-corrected chi connectivity index (χ2v) is 3.14. The summed E-state index contributed by atoms with van der Waals surface area (Å²) in [6, 6.07) is 4.44. The minimum atomic E-state index is -0.237. The maximum Gasteiger partial charge on any atom is 0.251 e. The molecule has 0 fully saturated rings. The average molecular weight is 195 g/mol. The molecule has 0 aromatic heterocycles. The van der Waals surface area contributed by atoms with Crippen LogP contribution in [0.15, 0.2) is 18.2 Å². The topological polar surface area (TPSA) is 29.1 Å². The van der Waals surface area contributed by atoms with Crippen molar-refractivity contribution in [3.63, 3.8) is 0 Å². The van der Waals surface area contributed by atoms with Crippen molar-refractivity contribution in [1.82, 2.24) is 5.32 Å². The van der Waals surface area contributed by atoms with Crippen LogP contribution in [0.1, 0.15) is 29.3 Å². The van der Waals surface area contributed by atoms with E-state index in [1.54, 1.807) is 13.1 Å². The van der Waals surface area contributed by atoms with E-state index in [4.69, 9.17) is 0 Å². The Morgan fingerprint density at radius 3 is 2.79 bits per heavy atom. The Kier molecular flexibility index (Phi) is 3.63. The van der Waals surface area contributed by atoms with Gasteiger partial charge in [-0.15, -0.1) is 0 Å². The van der Waals surface area contributed by atoms with Crippen LogP contribution < -0.4 is 5.32 Å². The lowest BCUT2D eigenvalue weighted by atomic mass is 10.1. The van der Waals surface area contributed by atoms with Gasteiger partial charge in [-0.3, -0.25) is 4.79 Å². The number of aryl methyl sites for hydroxylation is 1. The molecule has 76 valence electrons. The Morgan fingerprint density at radius 1 is 1.50 bits per heavy atom. The van der Waals surface area contributed by atoms with E-state index in [0.717, 1.165) is 6.42 Å². The summed E-state index contributed by atoms with van der Waals surface area (Å²) in [5, 5.41) is 2.51. The molecule has 1 aromatic rings. The lowest BCUT2D eigenvalue weighted by Crippen LogP contribution is -2.18. The summed E-state index contributed by atoms with van der Waals surface area (Å²) in [5.41, 5.74) is 1.12. The highest BCUT2D eigenvalue weighted by Gasteiger charge is 2.07. The van der Waals surface area contributed by atoms with Gasteiger partial charge < -0.3 is 5.32 Å². The fourth-order valence-electron chi connectivity index (χ4n) is 1.32. The summed E-state index contributed by atoms with van der Waals surface area (Å²) in [6.07, 6.45) is 1.53. The first-order valence-electron chi connectivity index (χ1n) is 4.69. The standard InChI is InChI=1S/C11H14FNO/c1-3-4-8-7-9(11(14)13-2)5-6-10(8)12/h5-7H,3-4H2,1-2H3,(H,13,14). The van der Waals surface area contributed by atoms with Crippen LogP contribution in [0.4, 0.5) is 4.39 Å². The quantitative estimate of drug-likeness (QED) is 0.786. The number of amides is 1. The lowest BCUT2D eigenvalue weighted by molar-refractivity contribution is 0.0963. The molecule has 0 saturated heterocycles. The molecule has 0 aliphatic carbocycles. The van der Waals surface area contributed by atoms with Gasteiger partial charge in [0, 0.05) is 12.6 Å². The third-order valence-corrected chi connectivity index (χ3v) is 2.05. The number of hydrogen-bond acceptors (Lipinski definition) is 1. The molecule has 0 unspecified atom stereocenters. The monoisotopic (exact) mass is 195 g/mol. The molecule has 1 aromatic carbocycles. The molecule has 0 saturated carbocycles. The van der Waals surface area contributed by atoms with E-state index in [9.17, 15) is 9.18 Å². The van der Waals surface area contributed by atoms with Crippen LogP contribution in [-0.2, 0) is 6.42 Å². The molecule has 1 rings (SSSR count). The van der Waals surface area contributed by atoms with Crippen molar-refractivity contribution in [1.29, 1.82) is 0 Å². The Balaban J connectivity index is 2.99. The predicted molar refractivity (Wildman–Crippen MR) is 53.8 cm³/mol. The largest absolute Gasteiger partial charge is 0.355 e. The minimum Gasteiger partial charge on any atom is -0.355 e. The summed E-state index contributed by atoms with van der Waals surface area (Å²) >= 11 is 0. The van der Waals surface area contributed by atoms with Gasteiger partial charge in [0.1, 0.15) is 5.82 Å². The summed E-state index contributed by atoms with van der Waals surface area (Å²) in [6.45, 7) is 1.98. The highest BCUT2D eigenvalue weighted by atomic mass is 19.1. The molecule has 0 atom stereocenters. The number of carbonyl (C=O) groups is 1. The molecule has 0 radical (unpaired) electrons. The van der Waals surface area contributed by atoms with Crippen LogP contribution in [0.3, 0.4) is 0 Å². The molecular formula is C11H14FNO. The normalized spacial score (nSPS) is 9.93. The first-order chi connectivity index (χ1) is 6.69. The van der Waals surface area contributed by atoms with E-state index in [1.807, 2.05) is 6.92 Å². The van der Waals surface area contributed by atoms with Crippen LogP contribution in [-0.4, -0.2) is 13.0 Å². The summed E-state index contributed by atoms with van der Waals surface area (Å²) in [5.74, 6) is -0.415. The highest BCUT2D eigenvalue weighted by Crippen LogP contribution is 2.12. The molecule has 0 heterocycles. The van der Waals surface area contributed by atoms with Crippen molar-refractivity contribution in [2.45, 2.75) is 19.8 Å². The molecule has 2 nitrogen and oxygen atoms in total. The van der Waals surface area contributed by atoms with Gasteiger partial charge in [-0.1, -0.05) is 13.3 Å². The van der Waals surface area contributed by atoms with Gasteiger partial charge >= 0.3 is 0 Å². The van der Waals surface area contributed by atoms with Gasteiger partial charge in [0.2, 0.25) is 0 Å². The summed E-state index contributed by atoms with van der Waals surface area (Å²) < 4.78 is 13.2. The Hall–Kier alpha value is -1.38. The number of benzene rings is 1.